The van der Waals surface area contributed by atoms with Crippen molar-refractivity contribution in [2.75, 3.05) is 0 Å². The number of rotatable bonds is 4. The third-order valence-electron chi connectivity index (χ3n) is 3.83. The van der Waals surface area contributed by atoms with E-state index in [0.717, 1.165) is 10.9 Å². The summed E-state index contributed by atoms with van der Waals surface area (Å²) < 4.78 is 27.2. The molecule has 0 spiro atoms. The molecule has 0 aliphatic heterocycles. The first-order valence-corrected chi connectivity index (χ1v) is 9.97. The average molecular weight is 399 g/mol. The zero-order valence-electron chi connectivity index (χ0n) is 13.6. The van der Waals surface area contributed by atoms with Gasteiger partial charge in [-0.2, -0.15) is 5.10 Å². The van der Waals surface area contributed by atoms with Crippen LogP contribution in [0.1, 0.15) is 25.5 Å². The van der Waals surface area contributed by atoms with Crippen molar-refractivity contribution < 1.29 is 13.5 Å². The molecule has 0 aliphatic rings. The summed E-state index contributed by atoms with van der Waals surface area (Å²) in [4.78, 5) is -0.275. The van der Waals surface area contributed by atoms with Gasteiger partial charge < -0.3 is 5.11 Å². The molecule has 0 saturated heterocycles. The van der Waals surface area contributed by atoms with Gasteiger partial charge in [-0.25, -0.2) is 8.42 Å². The Morgan fingerprint density at radius 2 is 1.92 bits per heavy atom. The minimum Gasteiger partial charge on any atom is -0.505 e. The van der Waals surface area contributed by atoms with E-state index in [1.807, 2.05) is 24.6 Å². The predicted octanol–water partition coefficient (Wildman–Crippen LogP) is 4.60. The summed E-state index contributed by atoms with van der Waals surface area (Å²) in [6.07, 6.45) is 1.71. The Morgan fingerprint density at radius 1 is 1.20 bits per heavy atom. The van der Waals surface area contributed by atoms with E-state index in [2.05, 4.69) is 5.10 Å². The number of phenolic OH excluding ortho intramolecular Hbond substituents is 1. The van der Waals surface area contributed by atoms with E-state index < -0.39 is 15.6 Å². The van der Waals surface area contributed by atoms with E-state index in [-0.39, 0.29) is 26.7 Å². The van der Waals surface area contributed by atoms with Crippen LogP contribution in [0.25, 0.3) is 10.9 Å². The second-order valence-electron chi connectivity index (χ2n) is 6.07. The van der Waals surface area contributed by atoms with Crippen molar-refractivity contribution in [3.63, 3.8) is 0 Å². The molecule has 0 amide bonds. The first-order chi connectivity index (χ1) is 11.7. The normalized spacial score (nSPS) is 12.2. The van der Waals surface area contributed by atoms with Crippen LogP contribution in [0, 0.1) is 0 Å². The highest BCUT2D eigenvalue weighted by molar-refractivity contribution is 7.90. The van der Waals surface area contributed by atoms with Gasteiger partial charge in [-0.05, 0) is 43.7 Å². The lowest BCUT2D eigenvalue weighted by atomic mass is 10.2. The summed E-state index contributed by atoms with van der Waals surface area (Å²) in [6, 6.07) is 8.07. The number of hydrogen-bond acceptors (Lipinski definition) is 4. The smallest absolute Gasteiger partial charge is 0.186 e. The van der Waals surface area contributed by atoms with Crippen LogP contribution in [0.2, 0.25) is 10.0 Å². The zero-order chi connectivity index (χ0) is 18.4. The van der Waals surface area contributed by atoms with Crippen LogP contribution >= 0.6 is 23.2 Å². The summed E-state index contributed by atoms with van der Waals surface area (Å²) in [5, 5.41) is 15.2. The maximum atomic E-state index is 12.7. The molecular weight excluding hydrogens is 383 g/mol. The van der Waals surface area contributed by atoms with E-state index in [9.17, 15) is 13.5 Å². The standard InChI is InChI=1S/C17H16Cl2N2O3S/c1-10(2)21-15-4-3-11(5-12(15)8-20-21)9-25(23,24)16-7-13(18)6-14(19)17(16)22/h3-8,10,22H,9H2,1-2H3. The van der Waals surface area contributed by atoms with Crippen LogP contribution in [-0.2, 0) is 15.6 Å². The maximum Gasteiger partial charge on any atom is 0.186 e. The van der Waals surface area contributed by atoms with Gasteiger partial charge in [-0.1, -0.05) is 29.3 Å². The van der Waals surface area contributed by atoms with Gasteiger partial charge in [0.2, 0.25) is 0 Å². The quantitative estimate of drug-likeness (QED) is 0.696. The van der Waals surface area contributed by atoms with Crippen LogP contribution in [0.4, 0.5) is 0 Å². The summed E-state index contributed by atoms with van der Waals surface area (Å²) in [6.45, 7) is 4.05. The Hall–Kier alpha value is -1.76. The number of fused-ring (bicyclic) bond motifs is 1. The lowest BCUT2D eigenvalue weighted by molar-refractivity contribution is 0.459. The minimum atomic E-state index is -3.81. The third-order valence-corrected chi connectivity index (χ3v) is 6.04. The molecule has 1 aromatic heterocycles. The highest BCUT2D eigenvalue weighted by atomic mass is 35.5. The van der Waals surface area contributed by atoms with Crippen molar-refractivity contribution in [2.24, 2.45) is 0 Å². The molecule has 25 heavy (non-hydrogen) atoms. The van der Waals surface area contributed by atoms with Gasteiger partial charge in [0.15, 0.2) is 15.6 Å². The largest absolute Gasteiger partial charge is 0.505 e. The fourth-order valence-corrected chi connectivity index (χ4v) is 4.78. The van der Waals surface area contributed by atoms with Gasteiger partial charge in [0.05, 0.1) is 22.5 Å². The Balaban J connectivity index is 2.00. The van der Waals surface area contributed by atoms with Gasteiger partial charge in [-0.15, -0.1) is 0 Å². The Kier molecular flexibility index (Phi) is 4.70. The molecule has 3 rings (SSSR count). The first kappa shape index (κ1) is 18.0. The molecule has 3 aromatic rings. The highest BCUT2D eigenvalue weighted by Gasteiger charge is 2.22. The van der Waals surface area contributed by atoms with Crippen LogP contribution in [0.5, 0.6) is 5.75 Å². The zero-order valence-corrected chi connectivity index (χ0v) is 15.9. The van der Waals surface area contributed by atoms with E-state index >= 15 is 0 Å². The number of aromatic nitrogens is 2. The van der Waals surface area contributed by atoms with Gasteiger partial charge in [0.1, 0.15) is 4.90 Å². The van der Waals surface area contributed by atoms with Crippen molar-refractivity contribution >= 4 is 43.9 Å². The summed E-state index contributed by atoms with van der Waals surface area (Å²) in [5.74, 6) is -0.764. The molecule has 2 aromatic carbocycles. The number of halogens is 2. The number of hydrogen-bond donors (Lipinski definition) is 1. The van der Waals surface area contributed by atoms with Crippen molar-refractivity contribution in [3.05, 3.63) is 52.1 Å². The molecule has 8 heteroatoms. The van der Waals surface area contributed by atoms with Crippen molar-refractivity contribution in [1.29, 1.82) is 0 Å². The number of phenols is 1. The first-order valence-electron chi connectivity index (χ1n) is 7.56. The number of benzene rings is 2. The van der Waals surface area contributed by atoms with Crippen LogP contribution < -0.4 is 0 Å². The molecule has 0 atom stereocenters. The molecule has 0 fully saturated rings. The Labute approximate surface area is 155 Å². The van der Waals surface area contributed by atoms with E-state index in [4.69, 9.17) is 23.2 Å². The molecule has 0 aliphatic carbocycles. The van der Waals surface area contributed by atoms with E-state index in [1.165, 1.54) is 12.1 Å². The number of aromatic hydroxyl groups is 1. The molecule has 5 nitrogen and oxygen atoms in total. The molecule has 1 heterocycles. The van der Waals surface area contributed by atoms with Crippen molar-refractivity contribution in [1.82, 2.24) is 9.78 Å². The second-order valence-corrected chi connectivity index (χ2v) is 8.87. The monoisotopic (exact) mass is 398 g/mol. The summed E-state index contributed by atoms with van der Waals surface area (Å²) >= 11 is 11.7. The fourth-order valence-electron chi connectivity index (χ4n) is 2.68. The second kappa shape index (κ2) is 6.52. The van der Waals surface area contributed by atoms with Crippen LogP contribution in [-0.4, -0.2) is 23.3 Å². The molecular formula is C17H16Cl2N2O3S. The van der Waals surface area contributed by atoms with Crippen LogP contribution in [0.3, 0.4) is 0 Å². The van der Waals surface area contributed by atoms with Gasteiger partial charge in [0.25, 0.3) is 0 Å². The topological polar surface area (TPSA) is 72.2 Å². The fraction of sp³-hybridized carbons (Fsp3) is 0.235. The SMILES string of the molecule is CC(C)n1ncc2cc(CS(=O)(=O)c3cc(Cl)cc(Cl)c3O)ccc21. The lowest BCUT2D eigenvalue weighted by Crippen LogP contribution is -2.06. The van der Waals surface area contributed by atoms with Gasteiger partial charge in [0, 0.05) is 16.5 Å². The van der Waals surface area contributed by atoms with Crippen molar-refractivity contribution in [2.45, 2.75) is 30.5 Å². The molecule has 132 valence electrons. The number of nitrogens with zero attached hydrogens (tertiary/aromatic N) is 2. The minimum absolute atomic E-state index is 0.0975. The summed E-state index contributed by atoms with van der Waals surface area (Å²) in [7, 11) is -3.81. The lowest BCUT2D eigenvalue weighted by Gasteiger charge is -2.10. The molecule has 0 saturated carbocycles. The highest BCUT2D eigenvalue weighted by Crippen LogP contribution is 2.35. The van der Waals surface area contributed by atoms with Crippen molar-refractivity contribution in [3.8, 4) is 5.75 Å². The van der Waals surface area contributed by atoms with Crippen LogP contribution in [0.15, 0.2) is 41.4 Å². The average Bonchev–Trinajstić information content (AvgIpc) is 2.93. The van der Waals surface area contributed by atoms with E-state index in [1.54, 1.807) is 18.3 Å². The predicted molar refractivity (Wildman–Crippen MR) is 99.1 cm³/mol. The molecule has 1 N–H and O–H groups in total. The summed E-state index contributed by atoms with van der Waals surface area (Å²) in [5.41, 5.74) is 1.52. The maximum absolute atomic E-state index is 12.7. The van der Waals surface area contributed by atoms with Gasteiger partial charge >= 0.3 is 0 Å². The Bertz CT molecular complexity index is 1060. The van der Waals surface area contributed by atoms with Gasteiger partial charge in [-0.3, -0.25) is 4.68 Å². The number of sulfone groups is 1. The molecule has 0 unspecified atom stereocenters. The molecule has 0 radical (unpaired) electrons. The third kappa shape index (κ3) is 3.47. The Morgan fingerprint density at radius 3 is 2.60 bits per heavy atom. The van der Waals surface area contributed by atoms with E-state index in [0.29, 0.717) is 5.56 Å². The molecule has 0 bridgehead atoms.